The minimum Gasteiger partial charge on any atom is -0.508 e. The summed E-state index contributed by atoms with van der Waals surface area (Å²) in [4.78, 5) is 0.205. The van der Waals surface area contributed by atoms with Gasteiger partial charge in [-0.2, -0.15) is 0 Å². The van der Waals surface area contributed by atoms with E-state index in [1.807, 2.05) is 6.92 Å². The molecule has 0 aliphatic heterocycles. The van der Waals surface area contributed by atoms with Crippen LogP contribution in [0.5, 0.6) is 5.75 Å². The lowest BCUT2D eigenvalue weighted by Crippen LogP contribution is -2.29. The Bertz CT molecular complexity index is 754. The fraction of sp³-hybridized carbons (Fsp3) is 0.250. The molecule has 0 amide bonds. The van der Waals surface area contributed by atoms with E-state index in [9.17, 15) is 18.6 Å². The quantitative estimate of drug-likeness (QED) is 0.786. The van der Waals surface area contributed by atoms with Crippen molar-refractivity contribution in [3.8, 4) is 5.75 Å². The maximum absolute atomic E-state index is 12.3. The summed E-state index contributed by atoms with van der Waals surface area (Å²) < 4.78 is 27.0. The van der Waals surface area contributed by atoms with Crippen LogP contribution in [0.2, 0.25) is 0 Å². The smallest absolute Gasteiger partial charge is 0.240 e. The second-order valence-corrected chi connectivity index (χ2v) is 6.96. The third-order valence-electron chi connectivity index (χ3n) is 3.36. The molecule has 0 spiro atoms. The lowest BCUT2D eigenvalue weighted by atomic mass is 10.1. The van der Waals surface area contributed by atoms with E-state index in [0.717, 1.165) is 5.56 Å². The van der Waals surface area contributed by atoms with Crippen LogP contribution in [0.3, 0.4) is 0 Å². The minimum atomic E-state index is -3.68. The summed E-state index contributed by atoms with van der Waals surface area (Å²) in [6.07, 6.45) is -0.985. The van der Waals surface area contributed by atoms with Gasteiger partial charge in [-0.25, -0.2) is 13.1 Å². The summed E-state index contributed by atoms with van der Waals surface area (Å²) in [5, 5.41) is 19.2. The maximum Gasteiger partial charge on any atom is 0.240 e. The molecule has 2 rings (SSSR count). The molecule has 0 saturated carbocycles. The van der Waals surface area contributed by atoms with E-state index in [0.29, 0.717) is 11.1 Å². The highest BCUT2D eigenvalue weighted by Crippen LogP contribution is 2.19. The number of rotatable bonds is 5. The molecule has 0 fully saturated rings. The Balaban J connectivity index is 2.10. The molecule has 6 heteroatoms. The fourth-order valence-electron chi connectivity index (χ4n) is 2.18. The number of phenols is 1. The Morgan fingerprint density at radius 3 is 2.32 bits per heavy atom. The monoisotopic (exact) mass is 321 g/mol. The topological polar surface area (TPSA) is 86.6 Å². The van der Waals surface area contributed by atoms with E-state index in [-0.39, 0.29) is 17.2 Å². The number of hydrogen-bond acceptors (Lipinski definition) is 4. The number of hydrogen-bond donors (Lipinski definition) is 3. The van der Waals surface area contributed by atoms with Gasteiger partial charge in [-0.1, -0.05) is 29.8 Å². The molecule has 0 aliphatic rings. The summed E-state index contributed by atoms with van der Waals surface area (Å²) >= 11 is 0. The van der Waals surface area contributed by atoms with Crippen LogP contribution in [0.15, 0.2) is 47.4 Å². The average molecular weight is 321 g/mol. The van der Waals surface area contributed by atoms with Crippen LogP contribution < -0.4 is 4.72 Å². The van der Waals surface area contributed by atoms with Crippen molar-refractivity contribution in [2.45, 2.75) is 24.8 Å². The van der Waals surface area contributed by atoms with Gasteiger partial charge in [0.15, 0.2) is 0 Å². The number of aliphatic hydroxyl groups excluding tert-OH is 1. The average Bonchev–Trinajstić information content (AvgIpc) is 2.45. The van der Waals surface area contributed by atoms with E-state index in [1.165, 1.54) is 12.1 Å². The van der Waals surface area contributed by atoms with Gasteiger partial charge in [-0.15, -0.1) is 0 Å². The molecule has 0 heterocycles. The summed E-state index contributed by atoms with van der Waals surface area (Å²) in [6, 6.07) is 11.1. The van der Waals surface area contributed by atoms with E-state index in [1.54, 1.807) is 37.3 Å². The van der Waals surface area contributed by atoms with Gasteiger partial charge in [0.05, 0.1) is 11.0 Å². The van der Waals surface area contributed by atoms with Crippen LogP contribution >= 0.6 is 0 Å². The first-order valence-corrected chi connectivity index (χ1v) is 8.32. The van der Waals surface area contributed by atoms with Crippen LogP contribution in [-0.4, -0.2) is 25.2 Å². The Kier molecular flexibility index (Phi) is 4.85. The molecule has 0 saturated heterocycles. The zero-order chi connectivity index (χ0) is 16.3. The first kappa shape index (κ1) is 16.5. The Hall–Kier alpha value is -1.89. The zero-order valence-corrected chi connectivity index (χ0v) is 13.3. The van der Waals surface area contributed by atoms with Crippen molar-refractivity contribution < 1.29 is 18.6 Å². The molecule has 0 aliphatic carbocycles. The number of benzene rings is 2. The maximum atomic E-state index is 12.3. The Labute approximate surface area is 130 Å². The molecular weight excluding hydrogens is 302 g/mol. The molecule has 1 unspecified atom stereocenters. The SMILES string of the molecule is Cc1ccc(S(=O)(=O)NCC(O)c2ccc(O)cc2)c(C)c1. The van der Waals surface area contributed by atoms with Crippen molar-refractivity contribution in [1.29, 1.82) is 0 Å². The predicted octanol–water partition coefficient (Wildman–Crippen LogP) is 2.02. The predicted molar refractivity (Wildman–Crippen MR) is 84.2 cm³/mol. The van der Waals surface area contributed by atoms with Crippen molar-refractivity contribution >= 4 is 10.0 Å². The van der Waals surface area contributed by atoms with Gasteiger partial charge >= 0.3 is 0 Å². The minimum absolute atomic E-state index is 0.0896. The molecule has 1 atom stereocenters. The van der Waals surface area contributed by atoms with Crippen LogP contribution in [-0.2, 0) is 10.0 Å². The number of phenolic OH excluding ortho intramolecular Hbond substituents is 1. The molecule has 3 N–H and O–H groups in total. The second kappa shape index (κ2) is 6.48. The number of aliphatic hydroxyl groups is 1. The van der Waals surface area contributed by atoms with E-state index >= 15 is 0 Å². The lowest BCUT2D eigenvalue weighted by Gasteiger charge is -2.14. The largest absolute Gasteiger partial charge is 0.508 e. The number of nitrogens with one attached hydrogen (secondary N) is 1. The van der Waals surface area contributed by atoms with E-state index in [2.05, 4.69) is 4.72 Å². The Morgan fingerprint density at radius 2 is 1.73 bits per heavy atom. The highest BCUT2D eigenvalue weighted by atomic mass is 32.2. The van der Waals surface area contributed by atoms with Crippen LogP contribution in [0.4, 0.5) is 0 Å². The van der Waals surface area contributed by atoms with Crippen LogP contribution in [0.1, 0.15) is 22.8 Å². The third-order valence-corrected chi connectivity index (χ3v) is 4.95. The number of aromatic hydroxyl groups is 1. The van der Waals surface area contributed by atoms with Crippen molar-refractivity contribution in [3.05, 3.63) is 59.2 Å². The Morgan fingerprint density at radius 1 is 1.09 bits per heavy atom. The first-order chi connectivity index (χ1) is 10.3. The van der Waals surface area contributed by atoms with Crippen molar-refractivity contribution in [2.75, 3.05) is 6.54 Å². The third kappa shape index (κ3) is 3.85. The standard InChI is InChI=1S/C16H19NO4S/c1-11-3-8-16(12(2)9-11)22(20,21)17-10-15(19)13-4-6-14(18)7-5-13/h3-9,15,17-19H,10H2,1-2H3. The molecule has 5 nitrogen and oxygen atoms in total. The van der Waals surface area contributed by atoms with Gasteiger partial charge in [0.1, 0.15) is 5.75 Å². The second-order valence-electron chi connectivity index (χ2n) is 5.23. The summed E-state index contributed by atoms with van der Waals surface area (Å²) in [7, 11) is -3.68. The first-order valence-electron chi connectivity index (χ1n) is 6.83. The van der Waals surface area contributed by atoms with Gasteiger partial charge in [-0.3, -0.25) is 0 Å². The van der Waals surface area contributed by atoms with Gasteiger partial charge in [0, 0.05) is 6.54 Å². The lowest BCUT2D eigenvalue weighted by molar-refractivity contribution is 0.182. The molecule has 0 bridgehead atoms. The molecule has 0 aromatic heterocycles. The number of aryl methyl sites for hydroxylation is 2. The highest BCUT2D eigenvalue weighted by Gasteiger charge is 2.18. The molecule has 2 aromatic rings. The van der Waals surface area contributed by atoms with E-state index in [4.69, 9.17) is 0 Å². The van der Waals surface area contributed by atoms with Crippen molar-refractivity contribution in [2.24, 2.45) is 0 Å². The van der Waals surface area contributed by atoms with Crippen LogP contribution in [0.25, 0.3) is 0 Å². The summed E-state index contributed by atoms with van der Waals surface area (Å²) in [6.45, 7) is 3.49. The van der Waals surface area contributed by atoms with Gasteiger partial charge in [0.25, 0.3) is 0 Å². The van der Waals surface area contributed by atoms with Gasteiger partial charge in [-0.05, 0) is 43.2 Å². The summed E-state index contributed by atoms with van der Waals surface area (Å²) in [5.41, 5.74) is 2.17. The molecular formula is C16H19NO4S. The molecule has 2 aromatic carbocycles. The normalized spacial score (nSPS) is 13.0. The zero-order valence-electron chi connectivity index (χ0n) is 12.4. The van der Waals surface area contributed by atoms with Crippen LogP contribution in [0, 0.1) is 13.8 Å². The molecule has 118 valence electrons. The number of sulfonamides is 1. The van der Waals surface area contributed by atoms with Crippen molar-refractivity contribution in [3.63, 3.8) is 0 Å². The summed E-state index contributed by atoms with van der Waals surface area (Å²) in [5.74, 6) is 0.0896. The highest BCUT2D eigenvalue weighted by molar-refractivity contribution is 7.89. The van der Waals surface area contributed by atoms with E-state index < -0.39 is 16.1 Å². The molecule has 0 radical (unpaired) electrons. The van der Waals surface area contributed by atoms with Gasteiger partial charge < -0.3 is 10.2 Å². The van der Waals surface area contributed by atoms with Crippen molar-refractivity contribution in [1.82, 2.24) is 4.72 Å². The van der Waals surface area contributed by atoms with Gasteiger partial charge in [0.2, 0.25) is 10.0 Å². The fourth-order valence-corrected chi connectivity index (χ4v) is 3.44. The molecule has 22 heavy (non-hydrogen) atoms.